The lowest BCUT2D eigenvalue weighted by molar-refractivity contribution is -0.133. The second-order valence-corrected chi connectivity index (χ2v) is 7.78. The van der Waals surface area contributed by atoms with Crippen LogP contribution in [0.25, 0.3) is 0 Å². The van der Waals surface area contributed by atoms with E-state index < -0.39 is 0 Å². The smallest absolute Gasteiger partial charge is 0.241 e. The molecule has 1 saturated carbocycles. The molecule has 1 aliphatic heterocycles. The van der Waals surface area contributed by atoms with Crippen molar-refractivity contribution in [1.82, 2.24) is 10.2 Å². The number of hydrogen-bond donors (Lipinski definition) is 1. The zero-order chi connectivity index (χ0) is 15.4. The van der Waals surface area contributed by atoms with E-state index in [4.69, 9.17) is 0 Å². The van der Waals surface area contributed by atoms with Crippen molar-refractivity contribution < 1.29 is 4.79 Å². The Hall–Kier alpha value is -0.220. The van der Waals surface area contributed by atoms with Crippen molar-refractivity contribution in [3.05, 3.63) is 0 Å². The first kappa shape index (κ1) is 17.1. The van der Waals surface area contributed by atoms with Gasteiger partial charge in [0.2, 0.25) is 5.91 Å². The Morgan fingerprint density at radius 1 is 1.33 bits per heavy atom. The number of carbonyl (C=O) groups is 1. The first-order valence-corrected chi connectivity index (χ1v) is 10.0. The highest BCUT2D eigenvalue weighted by Crippen LogP contribution is 2.35. The predicted molar refractivity (Wildman–Crippen MR) is 91.5 cm³/mol. The van der Waals surface area contributed by atoms with Gasteiger partial charge in [-0.3, -0.25) is 10.1 Å². The van der Waals surface area contributed by atoms with Gasteiger partial charge in [0.1, 0.15) is 0 Å². The summed E-state index contributed by atoms with van der Waals surface area (Å²) < 4.78 is 0. The molecule has 1 amide bonds. The van der Waals surface area contributed by atoms with E-state index in [-0.39, 0.29) is 12.2 Å². The molecular weight excluding hydrogens is 280 g/mol. The minimum atomic E-state index is 0.0379. The highest BCUT2D eigenvalue weighted by Gasteiger charge is 2.45. The standard InChI is InChI=1S/C17H32N2OS/c1-5-9-15-18-16(12(3)6-2)17(20)19(15)13-10-7-8-11-14(13)21-4/h12-16,18H,5-11H2,1-4H3. The number of rotatable bonds is 6. The van der Waals surface area contributed by atoms with Crippen molar-refractivity contribution in [1.29, 1.82) is 0 Å². The fourth-order valence-electron chi connectivity index (χ4n) is 3.88. The Bertz CT molecular complexity index is 350. The Labute approximate surface area is 134 Å². The van der Waals surface area contributed by atoms with E-state index in [1.165, 1.54) is 25.7 Å². The highest BCUT2D eigenvalue weighted by molar-refractivity contribution is 7.99. The maximum Gasteiger partial charge on any atom is 0.241 e. The Morgan fingerprint density at radius 2 is 2.05 bits per heavy atom. The molecule has 4 heteroatoms. The fourth-order valence-corrected chi connectivity index (χ4v) is 4.86. The number of hydrogen-bond acceptors (Lipinski definition) is 3. The van der Waals surface area contributed by atoms with E-state index in [2.05, 4.69) is 37.2 Å². The van der Waals surface area contributed by atoms with Crippen molar-refractivity contribution in [2.75, 3.05) is 6.26 Å². The normalized spacial score (nSPS) is 35.2. The summed E-state index contributed by atoms with van der Waals surface area (Å²) in [5.74, 6) is 0.798. The quantitative estimate of drug-likeness (QED) is 0.813. The van der Waals surface area contributed by atoms with Crippen molar-refractivity contribution in [3.63, 3.8) is 0 Å². The van der Waals surface area contributed by atoms with Gasteiger partial charge in [-0.2, -0.15) is 11.8 Å². The molecule has 0 bridgehead atoms. The van der Waals surface area contributed by atoms with E-state index in [9.17, 15) is 4.79 Å². The van der Waals surface area contributed by atoms with Gasteiger partial charge in [0.05, 0.1) is 12.2 Å². The average molecular weight is 313 g/mol. The summed E-state index contributed by atoms with van der Waals surface area (Å²) in [4.78, 5) is 15.3. The van der Waals surface area contributed by atoms with Crippen molar-refractivity contribution >= 4 is 17.7 Å². The third-order valence-electron chi connectivity index (χ3n) is 5.33. The number of nitrogens with zero attached hydrogens (tertiary/aromatic N) is 1. The van der Waals surface area contributed by atoms with Crippen LogP contribution in [0.2, 0.25) is 0 Å². The van der Waals surface area contributed by atoms with Gasteiger partial charge in [0.15, 0.2) is 0 Å². The molecular formula is C17H32N2OS. The summed E-state index contributed by atoms with van der Waals surface area (Å²) in [7, 11) is 0. The molecule has 122 valence electrons. The van der Waals surface area contributed by atoms with Crippen LogP contribution in [0.15, 0.2) is 0 Å². The third kappa shape index (κ3) is 3.58. The first-order valence-electron chi connectivity index (χ1n) is 8.75. The summed E-state index contributed by atoms with van der Waals surface area (Å²) in [5, 5.41) is 4.28. The molecule has 0 aromatic heterocycles. The molecule has 1 N–H and O–H groups in total. The molecule has 1 aliphatic carbocycles. The zero-order valence-electron chi connectivity index (χ0n) is 14.1. The van der Waals surface area contributed by atoms with Gasteiger partial charge < -0.3 is 4.90 Å². The largest absolute Gasteiger partial charge is 0.322 e. The van der Waals surface area contributed by atoms with Gasteiger partial charge >= 0.3 is 0 Å². The minimum Gasteiger partial charge on any atom is -0.322 e. The molecule has 1 heterocycles. The maximum atomic E-state index is 13.0. The van der Waals surface area contributed by atoms with Gasteiger partial charge in [-0.25, -0.2) is 0 Å². The number of amides is 1. The summed E-state index contributed by atoms with van der Waals surface area (Å²) in [5.41, 5.74) is 0. The molecule has 3 nitrogen and oxygen atoms in total. The summed E-state index contributed by atoms with van der Waals surface area (Å²) in [6.07, 6.45) is 10.8. The van der Waals surface area contributed by atoms with E-state index in [1.54, 1.807) is 0 Å². The van der Waals surface area contributed by atoms with Crippen molar-refractivity contribution in [2.45, 2.75) is 89.2 Å². The molecule has 21 heavy (non-hydrogen) atoms. The van der Waals surface area contributed by atoms with Crippen LogP contribution >= 0.6 is 11.8 Å². The zero-order valence-corrected chi connectivity index (χ0v) is 14.9. The van der Waals surface area contributed by atoms with Crippen LogP contribution in [0.4, 0.5) is 0 Å². The lowest BCUT2D eigenvalue weighted by Crippen LogP contribution is -2.50. The monoisotopic (exact) mass is 312 g/mol. The van der Waals surface area contributed by atoms with Gasteiger partial charge in [0.25, 0.3) is 0 Å². The minimum absolute atomic E-state index is 0.0379. The van der Waals surface area contributed by atoms with Crippen molar-refractivity contribution in [2.24, 2.45) is 5.92 Å². The van der Waals surface area contributed by atoms with Crippen LogP contribution in [0, 0.1) is 5.92 Å². The van der Waals surface area contributed by atoms with Crippen LogP contribution < -0.4 is 5.32 Å². The van der Waals surface area contributed by atoms with E-state index in [1.807, 2.05) is 11.8 Å². The fraction of sp³-hybridized carbons (Fsp3) is 0.941. The number of thioether (sulfide) groups is 1. The summed E-state index contributed by atoms with van der Waals surface area (Å²) in [6, 6.07) is 0.482. The summed E-state index contributed by atoms with van der Waals surface area (Å²) in [6.45, 7) is 6.60. The Balaban J connectivity index is 2.18. The maximum absolute atomic E-state index is 13.0. The van der Waals surface area contributed by atoms with E-state index >= 15 is 0 Å². The summed E-state index contributed by atoms with van der Waals surface area (Å²) >= 11 is 1.96. The van der Waals surface area contributed by atoms with Gasteiger partial charge in [-0.15, -0.1) is 0 Å². The molecule has 0 spiro atoms. The molecule has 2 rings (SSSR count). The number of nitrogens with one attached hydrogen (secondary N) is 1. The second-order valence-electron chi connectivity index (χ2n) is 6.71. The first-order chi connectivity index (χ1) is 10.1. The highest BCUT2D eigenvalue weighted by atomic mass is 32.2. The van der Waals surface area contributed by atoms with E-state index in [0.29, 0.717) is 23.1 Å². The van der Waals surface area contributed by atoms with Crippen LogP contribution in [0.5, 0.6) is 0 Å². The van der Waals surface area contributed by atoms with Gasteiger partial charge in [-0.1, -0.05) is 46.5 Å². The molecule has 0 aromatic carbocycles. The Morgan fingerprint density at radius 3 is 2.67 bits per heavy atom. The topological polar surface area (TPSA) is 32.3 Å². The predicted octanol–water partition coefficient (Wildman–Crippen LogP) is 3.63. The molecule has 5 unspecified atom stereocenters. The van der Waals surface area contributed by atoms with Gasteiger partial charge in [-0.05, 0) is 31.4 Å². The molecule has 2 aliphatic rings. The lowest BCUT2D eigenvalue weighted by atomic mass is 9.92. The van der Waals surface area contributed by atoms with Crippen LogP contribution in [-0.4, -0.2) is 40.6 Å². The molecule has 1 saturated heterocycles. The molecule has 2 fully saturated rings. The molecule has 0 aromatic rings. The molecule has 0 radical (unpaired) electrons. The lowest BCUT2D eigenvalue weighted by Gasteiger charge is -2.40. The Kier molecular flexibility index (Phi) is 6.42. The molecule has 5 atom stereocenters. The third-order valence-corrected chi connectivity index (χ3v) is 6.49. The van der Waals surface area contributed by atoms with E-state index in [0.717, 1.165) is 19.3 Å². The van der Waals surface area contributed by atoms with Crippen molar-refractivity contribution in [3.8, 4) is 0 Å². The number of carbonyl (C=O) groups excluding carboxylic acids is 1. The average Bonchev–Trinajstić information content (AvgIpc) is 2.83. The van der Waals surface area contributed by atoms with Crippen LogP contribution in [0.1, 0.15) is 65.7 Å². The SMILES string of the molecule is CCCC1NC(C(C)CC)C(=O)N1C1CCCCC1SC. The van der Waals surface area contributed by atoms with Crippen LogP contribution in [-0.2, 0) is 4.79 Å². The second kappa shape index (κ2) is 7.87. The van der Waals surface area contributed by atoms with Gasteiger partial charge in [0, 0.05) is 11.3 Å². The van der Waals surface area contributed by atoms with Crippen LogP contribution in [0.3, 0.4) is 0 Å².